The molecule has 0 bridgehead atoms. The van der Waals surface area contributed by atoms with Gasteiger partial charge in [0.25, 0.3) is 5.69 Å². The Kier molecular flexibility index (Phi) is 4.90. The van der Waals surface area contributed by atoms with E-state index >= 15 is 0 Å². The van der Waals surface area contributed by atoms with Crippen LogP contribution < -0.4 is 5.73 Å². The highest BCUT2D eigenvalue weighted by molar-refractivity contribution is 6.30. The lowest BCUT2D eigenvalue weighted by atomic mass is 9.98. The molecule has 0 radical (unpaired) electrons. The summed E-state index contributed by atoms with van der Waals surface area (Å²) in [6.07, 6.45) is 1.79. The number of benzene rings is 1. The molecule has 0 saturated carbocycles. The number of hydrogen-bond acceptors (Lipinski definition) is 3. The van der Waals surface area contributed by atoms with E-state index < -0.39 is 4.92 Å². The van der Waals surface area contributed by atoms with Gasteiger partial charge in [0, 0.05) is 23.2 Å². The minimum absolute atomic E-state index is 0.00695. The summed E-state index contributed by atoms with van der Waals surface area (Å²) in [4.78, 5) is 10.2. The average molecular weight is 257 g/mol. The van der Waals surface area contributed by atoms with Crippen molar-refractivity contribution < 1.29 is 4.92 Å². The summed E-state index contributed by atoms with van der Waals surface area (Å²) in [7, 11) is 0. The molecule has 0 amide bonds. The maximum atomic E-state index is 10.7. The average Bonchev–Trinajstić information content (AvgIpc) is 2.24. The van der Waals surface area contributed by atoms with Crippen molar-refractivity contribution in [3.8, 4) is 0 Å². The van der Waals surface area contributed by atoms with Gasteiger partial charge in [0.15, 0.2) is 0 Å². The van der Waals surface area contributed by atoms with Crippen molar-refractivity contribution in [1.29, 1.82) is 0 Å². The van der Waals surface area contributed by atoms with Crippen LogP contribution in [0.25, 0.3) is 0 Å². The third-order valence-electron chi connectivity index (χ3n) is 2.60. The Morgan fingerprint density at radius 3 is 2.53 bits per heavy atom. The van der Waals surface area contributed by atoms with E-state index in [4.69, 9.17) is 17.3 Å². The SMILES string of the molecule is CC(C)CCC(N)c1cc(Cl)cc([N+](=O)[O-])c1. The van der Waals surface area contributed by atoms with Gasteiger partial charge < -0.3 is 5.73 Å². The molecule has 1 atom stereocenters. The van der Waals surface area contributed by atoms with Gasteiger partial charge in [-0.3, -0.25) is 10.1 Å². The zero-order valence-electron chi connectivity index (χ0n) is 10.0. The molecule has 1 aromatic carbocycles. The molecule has 0 aromatic heterocycles. The largest absolute Gasteiger partial charge is 0.324 e. The van der Waals surface area contributed by atoms with Crippen LogP contribution in [0, 0.1) is 16.0 Å². The Hall–Kier alpha value is -1.13. The molecule has 5 heteroatoms. The van der Waals surface area contributed by atoms with E-state index in [0.29, 0.717) is 10.9 Å². The summed E-state index contributed by atoms with van der Waals surface area (Å²) >= 11 is 5.84. The third-order valence-corrected chi connectivity index (χ3v) is 2.82. The minimum atomic E-state index is -0.454. The molecule has 94 valence electrons. The fourth-order valence-corrected chi connectivity index (χ4v) is 1.83. The predicted molar refractivity (Wildman–Crippen MR) is 69.1 cm³/mol. The highest BCUT2D eigenvalue weighted by Crippen LogP contribution is 2.26. The van der Waals surface area contributed by atoms with Crippen LogP contribution in [-0.4, -0.2) is 4.92 Å². The smallest absolute Gasteiger partial charge is 0.271 e. The van der Waals surface area contributed by atoms with Crippen molar-refractivity contribution in [2.45, 2.75) is 32.7 Å². The monoisotopic (exact) mass is 256 g/mol. The lowest BCUT2D eigenvalue weighted by Gasteiger charge is -2.13. The molecular formula is C12H17ClN2O2. The van der Waals surface area contributed by atoms with Gasteiger partial charge >= 0.3 is 0 Å². The first-order valence-electron chi connectivity index (χ1n) is 5.60. The maximum absolute atomic E-state index is 10.7. The fraction of sp³-hybridized carbons (Fsp3) is 0.500. The lowest BCUT2D eigenvalue weighted by Crippen LogP contribution is -2.11. The highest BCUT2D eigenvalue weighted by atomic mass is 35.5. The Bertz CT molecular complexity index is 407. The van der Waals surface area contributed by atoms with Crippen LogP contribution >= 0.6 is 11.6 Å². The molecule has 2 N–H and O–H groups in total. The van der Waals surface area contributed by atoms with Crippen molar-refractivity contribution in [2.24, 2.45) is 11.7 Å². The van der Waals surface area contributed by atoms with E-state index in [1.165, 1.54) is 12.1 Å². The maximum Gasteiger partial charge on any atom is 0.271 e. The van der Waals surface area contributed by atoms with Gasteiger partial charge in [0.1, 0.15) is 0 Å². The van der Waals surface area contributed by atoms with Gasteiger partial charge in [-0.25, -0.2) is 0 Å². The molecule has 0 heterocycles. The summed E-state index contributed by atoms with van der Waals surface area (Å²) < 4.78 is 0. The molecule has 1 unspecified atom stereocenters. The number of nitrogens with zero attached hydrogens (tertiary/aromatic N) is 1. The lowest BCUT2D eigenvalue weighted by molar-refractivity contribution is -0.384. The van der Waals surface area contributed by atoms with Crippen LogP contribution in [0.4, 0.5) is 5.69 Å². The van der Waals surface area contributed by atoms with Gasteiger partial charge in [0.05, 0.1) is 4.92 Å². The number of nitro groups is 1. The van der Waals surface area contributed by atoms with Crippen LogP contribution in [0.15, 0.2) is 18.2 Å². The molecule has 1 aromatic rings. The zero-order valence-corrected chi connectivity index (χ0v) is 10.8. The summed E-state index contributed by atoms with van der Waals surface area (Å²) in [5, 5.41) is 11.1. The van der Waals surface area contributed by atoms with Crippen LogP contribution in [0.2, 0.25) is 5.02 Å². The third kappa shape index (κ3) is 4.32. The zero-order chi connectivity index (χ0) is 13.0. The van der Waals surface area contributed by atoms with E-state index in [1.54, 1.807) is 6.07 Å². The predicted octanol–water partition coefficient (Wildman–Crippen LogP) is 3.68. The number of hydrogen-bond donors (Lipinski definition) is 1. The quantitative estimate of drug-likeness (QED) is 0.645. The van der Waals surface area contributed by atoms with Crippen molar-refractivity contribution in [2.75, 3.05) is 0 Å². The summed E-state index contributed by atoms with van der Waals surface area (Å²) in [5.74, 6) is 0.565. The van der Waals surface area contributed by atoms with E-state index in [9.17, 15) is 10.1 Å². The summed E-state index contributed by atoms with van der Waals surface area (Å²) in [6.45, 7) is 4.24. The van der Waals surface area contributed by atoms with Gasteiger partial charge in [0.2, 0.25) is 0 Å². The molecule has 4 nitrogen and oxygen atoms in total. The first kappa shape index (κ1) is 13.9. The molecule has 17 heavy (non-hydrogen) atoms. The number of nitro benzene ring substituents is 1. The minimum Gasteiger partial charge on any atom is -0.324 e. The van der Waals surface area contributed by atoms with Crippen LogP contribution in [-0.2, 0) is 0 Å². The first-order chi connectivity index (χ1) is 7.90. The second-order valence-corrected chi connectivity index (χ2v) is 5.01. The van der Waals surface area contributed by atoms with Gasteiger partial charge in [-0.2, -0.15) is 0 Å². The van der Waals surface area contributed by atoms with Gasteiger partial charge in [-0.1, -0.05) is 25.4 Å². The van der Waals surface area contributed by atoms with Crippen molar-refractivity contribution in [1.82, 2.24) is 0 Å². The number of rotatable bonds is 5. The molecule has 0 spiro atoms. The van der Waals surface area contributed by atoms with E-state index in [1.807, 2.05) is 0 Å². The summed E-state index contributed by atoms with van der Waals surface area (Å²) in [6, 6.07) is 4.33. The van der Waals surface area contributed by atoms with E-state index in [-0.39, 0.29) is 11.7 Å². The summed E-state index contributed by atoms with van der Waals surface area (Å²) in [5.41, 5.74) is 6.72. The standard InChI is InChI=1S/C12H17ClN2O2/c1-8(2)3-4-12(14)9-5-10(13)7-11(6-9)15(16)17/h5-8,12H,3-4,14H2,1-2H3. The molecule has 0 aliphatic rings. The normalized spacial score (nSPS) is 12.8. The van der Waals surface area contributed by atoms with Crippen molar-refractivity contribution in [3.63, 3.8) is 0 Å². The second kappa shape index (κ2) is 5.98. The molecule has 1 rings (SSSR count). The number of halogens is 1. The van der Waals surface area contributed by atoms with Gasteiger partial charge in [-0.05, 0) is 30.4 Å². The van der Waals surface area contributed by atoms with E-state index in [0.717, 1.165) is 18.4 Å². The molecule has 0 aliphatic heterocycles. The molecule has 0 fully saturated rings. The van der Waals surface area contributed by atoms with Crippen molar-refractivity contribution >= 4 is 17.3 Å². The molecule has 0 aliphatic carbocycles. The first-order valence-corrected chi connectivity index (χ1v) is 5.98. The number of non-ortho nitro benzene ring substituents is 1. The number of nitrogens with two attached hydrogens (primary N) is 1. The highest BCUT2D eigenvalue weighted by Gasteiger charge is 2.13. The van der Waals surface area contributed by atoms with Crippen LogP contribution in [0.3, 0.4) is 0 Å². The Labute approximate surface area is 106 Å². The Balaban J connectivity index is 2.86. The second-order valence-electron chi connectivity index (χ2n) is 4.58. The molecular weight excluding hydrogens is 240 g/mol. The molecule has 0 saturated heterocycles. The Morgan fingerprint density at radius 2 is 2.00 bits per heavy atom. The topological polar surface area (TPSA) is 69.2 Å². The van der Waals surface area contributed by atoms with E-state index in [2.05, 4.69) is 13.8 Å². The Morgan fingerprint density at radius 1 is 1.35 bits per heavy atom. The van der Waals surface area contributed by atoms with Crippen LogP contribution in [0.1, 0.15) is 38.3 Å². The van der Waals surface area contributed by atoms with Crippen molar-refractivity contribution in [3.05, 3.63) is 38.9 Å². The van der Waals surface area contributed by atoms with Crippen LogP contribution in [0.5, 0.6) is 0 Å². The van der Waals surface area contributed by atoms with Gasteiger partial charge in [-0.15, -0.1) is 0 Å². The fourth-order valence-electron chi connectivity index (χ4n) is 1.60.